The maximum Gasteiger partial charge on any atom is 0.191 e. The second-order valence-electron chi connectivity index (χ2n) is 5.28. The molecule has 3 rings (SSSR count). The molecular weight excluding hydrogens is 304 g/mol. The lowest BCUT2D eigenvalue weighted by Crippen LogP contribution is -2.36. The lowest BCUT2D eigenvalue weighted by Gasteiger charge is -2.12. The van der Waals surface area contributed by atoms with Gasteiger partial charge in [0.2, 0.25) is 0 Å². The quantitative estimate of drug-likeness (QED) is 0.571. The summed E-state index contributed by atoms with van der Waals surface area (Å²) in [7, 11) is 1.78. The van der Waals surface area contributed by atoms with Gasteiger partial charge in [-0.25, -0.2) is 4.98 Å². The summed E-state index contributed by atoms with van der Waals surface area (Å²) in [6, 6.07) is 14.8. The Hall–Kier alpha value is -2.40. The highest BCUT2D eigenvalue weighted by Crippen LogP contribution is 2.18. The summed E-state index contributed by atoms with van der Waals surface area (Å²) in [5.74, 6) is 0.783. The number of nitrogens with zero attached hydrogens (tertiary/aromatic N) is 2. The maximum absolute atomic E-state index is 4.35. The van der Waals surface area contributed by atoms with E-state index in [4.69, 9.17) is 0 Å². The highest BCUT2D eigenvalue weighted by Gasteiger charge is 2.04. The molecule has 4 nitrogen and oxygen atoms in total. The molecule has 3 aromatic rings. The van der Waals surface area contributed by atoms with Crippen LogP contribution in [0.4, 0.5) is 0 Å². The Labute approximate surface area is 140 Å². The van der Waals surface area contributed by atoms with Crippen molar-refractivity contribution in [3.05, 3.63) is 64.1 Å². The zero-order chi connectivity index (χ0) is 16.1. The first kappa shape index (κ1) is 15.5. The van der Waals surface area contributed by atoms with Gasteiger partial charge in [0.1, 0.15) is 5.01 Å². The number of hydrogen-bond donors (Lipinski definition) is 2. The molecule has 1 heterocycles. The average molecular weight is 324 g/mol. The van der Waals surface area contributed by atoms with E-state index in [1.54, 1.807) is 18.4 Å². The molecular formula is C18H20N4S. The first-order valence-electron chi connectivity index (χ1n) is 7.59. The van der Waals surface area contributed by atoms with Crippen LogP contribution in [-0.4, -0.2) is 18.0 Å². The molecule has 0 radical (unpaired) electrons. The molecule has 0 saturated carbocycles. The van der Waals surface area contributed by atoms with Crippen molar-refractivity contribution in [3.63, 3.8) is 0 Å². The van der Waals surface area contributed by atoms with E-state index in [-0.39, 0.29) is 0 Å². The molecule has 0 atom stereocenters. The highest BCUT2D eigenvalue weighted by atomic mass is 32.1. The van der Waals surface area contributed by atoms with E-state index in [1.165, 1.54) is 21.2 Å². The third-order valence-corrected chi connectivity index (χ3v) is 4.54. The number of aliphatic imine (C=N–C) groups is 1. The Morgan fingerprint density at radius 2 is 1.87 bits per heavy atom. The van der Waals surface area contributed by atoms with Crippen molar-refractivity contribution < 1.29 is 0 Å². The summed E-state index contributed by atoms with van der Waals surface area (Å²) in [4.78, 5) is 9.85. The van der Waals surface area contributed by atoms with Crippen LogP contribution in [0.1, 0.15) is 15.4 Å². The fourth-order valence-electron chi connectivity index (χ4n) is 2.49. The van der Waals surface area contributed by atoms with Crippen molar-refractivity contribution in [1.82, 2.24) is 15.6 Å². The molecule has 0 fully saturated rings. The number of hydrogen-bond acceptors (Lipinski definition) is 3. The lowest BCUT2D eigenvalue weighted by atomic mass is 10.0. The van der Waals surface area contributed by atoms with Gasteiger partial charge in [0.15, 0.2) is 5.96 Å². The molecule has 2 aromatic carbocycles. The van der Waals surface area contributed by atoms with Crippen LogP contribution in [0.2, 0.25) is 0 Å². The zero-order valence-corrected chi connectivity index (χ0v) is 14.2. The van der Waals surface area contributed by atoms with Crippen LogP contribution < -0.4 is 10.6 Å². The highest BCUT2D eigenvalue weighted by molar-refractivity contribution is 7.11. The molecule has 0 amide bonds. The van der Waals surface area contributed by atoms with Crippen molar-refractivity contribution >= 4 is 28.1 Å². The zero-order valence-electron chi connectivity index (χ0n) is 13.3. The predicted molar refractivity (Wildman–Crippen MR) is 97.8 cm³/mol. The second-order valence-corrected chi connectivity index (χ2v) is 6.60. The summed E-state index contributed by atoms with van der Waals surface area (Å²) in [5, 5.41) is 10.3. The van der Waals surface area contributed by atoms with Crippen LogP contribution in [0, 0.1) is 6.92 Å². The van der Waals surface area contributed by atoms with E-state index in [9.17, 15) is 0 Å². The minimum absolute atomic E-state index is 0.688. The smallest absolute Gasteiger partial charge is 0.191 e. The molecule has 0 aliphatic carbocycles. The minimum Gasteiger partial charge on any atom is -0.352 e. The third-order valence-electron chi connectivity index (χ3n) is 3.63. The van der Waals surface area contributed by atoms with Crippen LogP contribution in [0.5, 0.6) is 0 Å². The van der Waals surface area contributed by atoms with E-state index in [0.717, 1.165) is 17.5 Å². The Morgan fingerprint density at radius 3 is 2.65 bits per heavy atom. The first-order valence-corrected chi connectivity index (χ1v) is 8.40. The SMILES string of the molecule is CN=C(NCc1ncc(C)s1)NCc1cccc2ccccc12. The number of nitrogens with one attached hydrogen (secondary N) is 2. The normalized spacial score (nSPS) is 11.7. The average Bonchev–Trinajstić information content (AvgIpc) is 3.00. The maximum atomic E-state index is 4.35. The molecule has 0 aliphatic heterocycles. The molecule has 0 bridgehead atoms. The van der Waals surface area contributed by atoms with Crippen molar-refractivity contribution in [2.75, 3.05) is 7.05 Å². The summed E-state index contributed by atoms with van der Waals surface area (Å²) >= 11 is 1.70. The number of guanidine groups is 1. The fourth-order valence-corrected chi connectivity index (χ4v) is 3.22. The van der Waals surface area contributed by atoms with Gasteiger partial charge in [0.25, 0.3) is 0 Å². The molecule has 0 unspecified atom stereocenters. The van der Waals surface area contributed by atoms with E-state index < -0.39 is 0 Å². The van der Waals surface area contributed by atoms with Gasteiger partial charge in [0.05, 0.1) is 6.54 Å². The van der Waals surface area contributed by atoms with Crippen molar-refractivity contribution in [2.45, 2.75) is 20.0 Å². The van der Waals surface area contributed by atoms with Crippen LogP contribution >= 0.6 is 11.3 Å². The summed E-state index contributed by atoms with van der Waals surface area (Å²) in [6.45, 7) is 3.49. The second kappa shape index (κ2) is 7.24. The monoisotopic (exact) mass is 324 g/mol. The number of thiazole rings is 1. The van der Waals surface area contributed by atoms with Gasteiger partial charge in [-0.05, 0) is 23.3 Å². The molecule has 2 N–H and O–H groups in total. The lowest BCUT2D eigenvalue weighted by molar-refractivity contribution is 0.807. The Balaban J connectivity index is 1.63. The van der Waals surface area contributed by atoms with E-state index >= 15 is 0 Å². The first-order chi connectivity index (χ1) is 11.3. The van der Waals surface area contributed by atoms with Crippen molar-refractivity contribution in [2.24, 2.45) is 4.99 Å². The van der Waals surface area contributed by atoms with Gasteiger partial charge in [-0.3, -0.25) is 4.99 Å². The van der Waals surface area contributed by atoms with Gasteiger partial charge < -0.3 is 10.6 Å². The molecule has 5 heteroatoms. The van der Waals surface area contributed by atoms with Crippen molar-refractivity contribution in [3.8, 4) is 0 Å². The van der Waals surface area contributed by atoms with Crippen LogP contribution in [0.3, 0.4) is 0 Å². The number of fused-ring (bicyclic) bond motifs is 1. The van der Waals surface area contributed by atoms with E-state index in [1.807, 2.05) is 6.20 Å². The number of aryl methyl sites for hydroxylation is 1. The van der Waals surface area contributed by atoms with Gasteiger partial charge in [-0.2, -0.15) is 0 Å². The molecule has 0 aliphatic rings. The number of benzene rings is 2. The molecule has 23 heavy (non-hydrogen) atoms. The van der Waals surface area contributed by atoms with Crippen LogP contribution in [-0.2, 0) is 13.1 Å². The topological polar surface area (TPSA) is 49.3 Å². The third kappa shape index (κ3) is 3.87. The molecule has 0 spiro atoms. The number of aromatic nitrogens is 1. The summed E-state index contributed by atoms with van der Waals surface area (Å²) in [5.41, 5.74) is 1.26. The predicted octanol–water partition coefficient (Wildman–Crippen LogP) is 3.47. The number of rotatable bonds is 4. The van der Waals surface area contributed by atoms with Gasteiger partial charge in [0, 0.05) is 24.7 Å². The Kier molecular flexibility index (Phi) is 4.88. The molecule has 118 valence electrons. The van der Waals surface area contributed by atoms with E-state index in [0.29, 0.717) is 6.54 Å². The van der Waals surface area contributed by atoms with Crippen LogP contribution in [0.25, 0.3) is 10.8 Å². The van der Waals surface area contributed by atoms with E-state index in [2.05, 4.69) is 70.0 Å². The van der Waals surface area contributed by atoms with Gasteiger partial charge in [-0.15, -0.1) is 11.3 Å². The molecule has 0 saturated heterocycles. The standard InChI is InChI=1S/C18H20N4S/c1-13-10-20-17(23-13)12-22-18(19-2)21-11-15-8-5-7-14-6-3-4-9-16(14)15/h3-10H,11-12H2,1-2H3,(H2,19,21,22). The van der Waals surface area contributed by atoms with Gasteiger partial charge in [-0.1, -0.05) is 42.5 Å². The fraction of sp³-hybridized carbons (Fsp3) is 0.222. The minimum atomic E-state index is 0.688. The largest absolute Gasteiger partial charge is 0.352 e. The van der Waals surface area contributed by atoms with Crippen molar-refractivity contribution in [1.29, 1.82) is 0 Å². The Bertz CT molecular complexity index is 817. The van der Waals surface area contributed by atoms with Crippen LogP contribution in [0.15, 0.2) is 53.7 Å². The summed E-state index contributed by atoms with van der Waals surface area (Å²) < 4.78 is 0. The summed E-state index contributed by atoms with van der Waals surface area (Å²) in [6.07, 6.45) is 1.90. The molecule has 1 aromatic heterocycles. The van der Waals surface area contributed by atoms with Gasteiger partial charge >= 0.3 is 0 Å². The Morgan fingerprint density at radius 1 is 1.09 bits per heavy atom.